The molecule has 202 valence electrons. The first kappa shape index (κ1) is 33.6. The average molecular weight is 509 g/mol. The molecule has 0 amide bonds. The fourth-order valence-corrected chi connectivity index (χ4v) is 11.3. The van der Waals surface area contributed by atoms with Crippen molar-refractivity contribution in [2.45, 2.75) is 136 Å². The number of hydrogen-bond acceptors (Lipinski definition) is 2. The van der Waals surface area contributed by atoms with Gasteiger partial charge in [-0.3, -0.25) is 0 Å². The molecule has 0 aromatic rings. The molecule has 0 aliphatic rings. The zero-order valence-electron chi connectivity index (χ0n) is 23.3. The Labute approximate surface area is 214 Å². The van der Waals surface area contributed by atoms with Crippen LogP contribution in [0.15, 0.2) is 0 Å². The Balaban J connectivity index is 4.99. The van der Waals surface area contributed by atoms with Gasteiger partial charge in [0, 0.05) is 0 Å². The number of hydrogen-bond donors (Lipinski definition) is 0. The summed E-state index contributed by atoms with van der Waals surface area (Å²) in [7, 11) is 1.75. The van der Waals surface area contributed by atoms with E-state index in [0.29, 0.717) is 13.2 Å². The fourth-order valence-electron chi connectivity index (χ4n) is 5.07. The molecule has 0 aromatic carbocycles. The summed E-state index contributed by atoms with van der Waals surface area (Å²) in [6.45, 7) is 9.11. The molecule has 0 fully saturated rings. The molecule has 0 saturated heterocycles. The van der Waals surface area contributed by atoms with Crippen molar-refractivity contribution in [3.8, 4) is 0 Å². The standard InChI is InChI=1S/C29H62ClO2P/c1-5-8-11-14-17-20-26-33(30,29-25-32-24-23-31-4,27-21-18-15-12-9-6-2)28-22-19-16-13-10-7-3/h5-29H2,1-4H3. The Morgan fingerprint density at radius 3 is 1.18 bits per heavy atom. The third-order valence-corrected chi connectivity index (χ3v) is 15.1. The second-order valence-corrected chi connectivity index (χ2v) is 18.9. The third-order valence-electron chi connectivity index (χ3n) is 7.44. The predicted octanol–water partition coefficient (Wildman–Crippen LogP) is 10.4. The summed E-state index contributed by atoms with van der Waals surface area (Å²) in [5, 5.41) is 0. The molecule has 0 heterocycles. The van der Waals surface area contributed by atoms with Crippen molar-refractivity contribution in [2.75, 3.05) is 51.6 Å². The molecule has 0 radical (unpaired) electrons. The summed E-state index contributed by atoms with van der Waals surface area (Å²) in [5.74, 6) is -2.25. The van der Waals surface area contributed by atoms with Gasteiger partial charge in [-0.1, -0.05) is 0 Å². The minimum absolute atomic E-state index is 0.685. The SMILES string of the molecule is CCCCCCCCP(Cl)(CCCCCCCC)(CCCCCCCC)CCOCCOC. The molecular weight excluding hydrogens is 447 g/mol. The quantitative estimate of drug-likeness (QED) is 0.0810. The van der Waals surface area contributed by atoms with Crippen molar-refractivity contribution in [3.63, 3.8) is 0 Å². The zero-order chi connectivity index (χ0) is 24.5. The Morgan fingerprint density at radius 2 is 0.818 bits per heavy atom. The maximum absolute atomic E-state index is 7.95. The summed E-state index contributed by atoms with van der Waals surface area (Å²) < 4.78 is 11.2. The third kappa shape index (κ3) is 19.5. The number of halogens is 1. The van der Waals surface area contributed by atoms with E-state index < -0.39 is 5.96 Å². The molecule has 2 nitrogen and oxygen atoms in total. The van der Waals surface area contributed by atoms with Gasteiger partial charge in [0.2, 0.25) is 0 Å². The van der Waals surface area contributed by atoms with Gasteiger partial charge in [0.25, 0.3) is 0 Å². The summed E-state index contributed by atoms with van der Waals surface area (Å²) in [4.78, 5) is 0. The van der Waals surface area contributed by atoms with E-state index in [0.717, 1.165) is 12.8 Å². The Hall–Kier alpha value is 0.640. The van der Waals surface area contributed by atoms with Gasteiger partial charge in [-0.15, -0.1) is 0 Å². The second-order valence-electron chi connectivity index (χ2n) is 10.6. The monoisotopic (exact) mass is 508 g/mol. The van der Waals surface area contributed by atoms with E-state index >= 15 is 0 Å². The Kier molecular flexibility index (Phi) is 23.5. The molecule has 0 saturated carbocycles. The number of rotatable bonds is 27. The first-order chi connectivity index (χ1) is 16.0. The van der Waals surface area contributed by atoms with Crippen molar-refractivity contribution < 1.29 is 9.47 Å². The van der Waals surface area contributed by atoms with Gasteiger partial charge in [-0.2, -0.15) is 0 Å². The molecular formula is C29H62ClO2P. The second kappa shape index (κ2) is 23.1. The molecule has 0 aliphatic carbocycles. The van der Waals surface area contributed by atoms with E-state index in [9.17, 15) is 0 Å². The first-order valence-electron chi connectivity index (χ1n) is 14.8. The first-order valence-corrected chi connectivity index (χ1v) is 18.7. The predicted molar refractivity (Wildman–Crippen MR) is 155 cm³/mol. The Morgan fingerprint density at radius 1 is 0.455 bits per heavy atom. The molecule has 0 atom stereocenters. The van der Waals surface area contributed by atoms with E-state index in [1.807, 2.05) is 0 Å². The van der Waals surface area contributed by atoms with E-state index in [2.05, 4.69) is 20.8 Å². The number of ether oxygens (including phenoxy) is 2. The maximum atomic E-state index is 7.95. The van der Waals surface area contributed by atoms with Gasteiger partial charge in [0.15, 0.2) is 0 Å². The van der Waals surface area contributed by atoms with Gasteiger partial charge in [-0.05, 0) is 0 Å². The molecule has 0 N–H and O–H groups in total. The average Bonchev–Trinajstić information content (AvgIpc) is 2.81. The Bertz CT molecular complexity index is 362. The van der Waals surface area contributed by atoms with Crippen LogP contribution < -0.4 is 0 Å². The molecule has 0 aliphatic heterocycles. The van der Waals surface area contributed by atoms with Crippen LogP contribution in [0.3, 0.4) is 0 Å². The number of methoxy groups -OCH3 is 1. The summed E-state index contributed by atoms with van der Waals surface area (Å²) >= 11 is 7.95. The van der Waals surface area contributed by atoms with E-state index in [1.54, 1.807) is 7.11 Å². The normalized spacial score (nSPS) is 13.3. The van der Waals surface area contributed by atoms with Gasteiger partial charge < -0.3 is 0 Å². The van der Waals surface area contributed by atoms with Crippen molar-refractivity contribution in [3.05, 3.63) is 0 Å². The van der Waals surface area contributed by atoms with E-state index in [-0.39, 0.29) is 0 Å². The van der Waals surface area contributed by atoms with Crippen LogP contribution in [0.2, 0.25) is 0 Å². The summed E-state index contributed by atoms with van der Waals surface area (Å²) in [5.41, 5.74) is 0. The summed E-state index contributed by atoms with van der Waals surface area (Å²) in [6, 6.07) is 0. The number of unbranched alkanes of at least 4 members (excludes halogenated alkanes) is 15. The van der Waals surface area contributed by atoms with Crippen molar-refractivity contribution in [1.29, 1.82) is 0 Å². The van der Waals surface area contributed by atoms with Crippen LogP contribution in [-0.2, 0) is 9.47 Å². The minimum atomic E-state index is -2.25. The van der Waals surface area contributed by atoms with E-state index in [1.165, 1.54) is 134 Å². The summed E-state index contributed by atoms with van der Waals surface area (Å²) in [6.07, 6.45) is 29.5. The fraction of sp³-hybridized carbons (Fsp3) is 1.00. The van der Waals surface area contributed by atoms with Crippen LogP contribution in [-0.4, -0.2) is 51.6 Å². The van der Waals surface area contributed by atoms with Crippen LogP contribution in [0.4, 0.5) is 0 Å². The van der Waals surface area contributed by atoms with Crippen LogP contribution in [0.1, 0.15) is 136 Å². The van der Waals surface area contributed by atoms with Gasteiger partial charge in [0.1, 0.15) is 0 Å². The van der Waals surface area contributed by atoms with Crippen molar-refractivity contribution >= 4 is 17.2 Å². The van der Waals surface area contributed by atoms with Gasteiger partial charge in [-0.25, -0.2) is 0 Å². The van der Waals surface area contributed by atoms with Crippen LogP contribution >= 0.6 is 17.2 Å². The molecule has 0 aromatic heterocycles. The zero-order valence-corrected chi connectivity index (χ0v) is 25.0. The van der Waals surface area contributed by atoms with Crippen LogP contribution in [0, 0.1) is 0 Å². The van der Waals surface area contributed by atoms with Crippen LogP contribution in [0.5, 0.6) is 0 Å². The topological polar surface area (TPSA) is 18.5 Å². The van der Waals surface area contributed by atoms with E-state index in [4.69, 9.17) is 20.7 Å². The van der Waals surface area contributed by atoms with Gasteiger partial charge >= 0.3 is 215 Å². The van der Waals surface area contributed by atoms with Crippen LogP contribution in [0.25, 0.3) is 0 Å². The van der Waals surface area contributed by atoms with Crippen molar-refractivity contribution in [1.82, 2.24) is 0 Å². The van der Waals surface area contributed by atoms with Crippen molar-refractivity contribution in [2.24, 2.45) is 0 Å². The molecule has 4 heteroatoms. The molecule has 0 rings (SSSR count). The molecule has 0 bridgehead atoms. The molecule has 0 unspecified atom stereocenters. The van der Waals surface area contributed by atoms with Gasteiger partial charge in [0.05, 0.1) is 0 Å². The molecule has 0 spiro atoms. The molecule has 33 heavy (non-hydrogen) atoms.